The molecule has 3 aromatic rings. The Labute approximate surface area is 180 Å². The van der Waals surface area contributed by atoms with Crippen molar-refractivity contribution < 1.29 is 18.7 Å². The van der Waals surface area contributed by atoms with Gasteiger partial charge in [-0.05, 0) is 54.8 Å². The molecule has 0 unspecified atom stereocenters. The highest BCUT2D eigenvalue weighted by Gasteiger charge is 2.24. The second kappa shape index (κ2) is 9.07. The Morgan fingerprint density at radius 2 is 1.84 bits per heavy atom. The molecule has 0 atom stereocenters. The van der Waals surface area contributed by atoms with Crippen LogP contribution in [0, 0.1) is 5.82 Å². The van der Waals surface area contributed by atoms with Crippen molar-refractivity contribution >= 4 is 11.7 Å². The van der Waals surface area contributed by atoms with Crippen molar-refractivity contribution in [1.29, 1.82) is 0 Å². The highest BCUT2D eigenvalue weighted by Crippen LogP contribution is 2.26. The lowest BCUT2D eigenvalue weighted by atomic mass is 10.0. The lowest BCUT2D eigenvalue weighted by molar-refractivity contribution is 0.0928. The molecule has 1 aromatic heterocycles. The Hall–Kier alpha value is -3.55. The van der Waals surface area contributed by atoms with Gasteiger partial charge in [0.05, 0.1) is 25.5 Å². The van der Waals surface area contributed by atoms with Gasteiger partial charge in [0, 0.05) is 31.3 Å². The maximum Gasteiger partial charge on any atom is 0.255 e. The normalized spacial score (nSPS) is 14.4. The zero-order valence-electron chi connectivity index (χ0n) is 17.5. The van der Waals surface area contributed by atoms with Crippen LogP contribution in [0.5, 0.6) is 11.5 Å². The van der Waals surface area contributed by atoms with E-state index in [-0.39, 0.29) is 17.8 Å². The van der Waals surface area contributed by atoms with E-state index in [2.05, 4.69) is 20.4 Å². The van der Waals surface area contributed by atoms with Crippen LogP contribution in [0.2, 0.25) is 0 Å². The third-order valence-corrected chi connectivity index (χ3v) is 5.53. The van der Waals surface area contributed by atoms with Crippen molar-refractivity contribution in [2.75, 3.05) is 32.2 Å². The number of nitrogens with one attached hydrogen (secondary N) is 2. The summed E-state index contributed by atoms with van der Waals surface area (Å²) >= 11 is 0. The Balaban J connectivity index is 1.35. The molecule has 1 amide bonds. The number of aromatic amines is 1. The van der Waals surface area contributed by atoms with Gasteiger partial charge in [-0.15, -0.1) is 0 Å². The van der Waals surface area contributed by atoms with Crippen LogP contribution in [0.3, 0.4) is 0 Å². The predicted octanol–water partition coefficient (Wildman–Crippen LogP) is 3.63. The van der Waals surface area contributed by atoms with Crippen molar-refractivity contribution in [3.63, 3.8) is 0 Å². The molecule has 1 aliphatic heterocycles. The monoisotopic (exact) mass is 424 g/mol. The number of benzene rings is 2. The van der Waals surface area contributed by atoms with E-state index in [0.717, 1.165) is 43.0 Å². The zero-order chi connectivity index (χ0) is 21.8. The van der Waals surface area contributed by atoms with Gasteiger partial charge in [0.15, 0.2) is 5.82 Å². The average molecular weight is 424 g/mol. The van der Waals surface area contributed by atoms with Crippen LogP contribution in [0.15, 0.2) is 48.5 Å². The quantitative estimate of drug-likeness (QED) is 0.632. The number of halogens is 1. The summed E-state index contributed by atoms with van der Waals surface area (Å²) in [5.41, 5.74) is 2.22. The molecule has 0 aliphatic carbocycles. The second-order valence-electron chi connectivity index (χ2n) is 7.45. The molecule has 7 nitrogen and oxygen atoms in total. The van der Waals surface area contributed by atoms with Crippen molar-refractivity contribution in [2.45, 2.75) is 18.9 Å². The van der Waals surface area contributed by atoms with E-state index >= 15 is 0 Å². The SMILES string of the molecule is COc1ccc(C(=O)NC2CCN(c3cc(-c4ccc(F)cc4)[nH]n3)CC2)c(OC)c1. The Kier molecular flexibility index (Phi) is 6.06. The van der Waals surface area contributed by atoms with E-state index in [1.807, 2.05) is 6.07 Å². The summed E-state index contributed by atoms with van der Waals surface area (Å²) in [6.45, 7) is 1.55. The largest absolute Gasteiger partial charge is 0.497 e. The summed E-state index contributed by atoms with van der Waals surface area (Å²) in [6.07, 6.45) is 1.62. The van der Waals surface area contributed by atoms with Crippen LogP contribution in [0.4, 0.5) is 10.2 Å². The molecular formula is C23H25FN4O3. The van der Waals surface area contributed by atoms with Crippen LogP contribution >= 0.6 is 0 Å². The summed E-state index contributed by atoms with van der Waals surface area (Å²) < 4.78 is 23.7. The number of amides is 1. The number of piperidine rings is 1. The van der Waals surface area contributed by atoms with E-state index in [0.29, 0.717) is 17.1 Å². The molecule has 2 aromatic carbocycles. The third kappa shape index (κ3) is 4.63. The number of aromatic nitrogens is 2. The van der Waals surface area contributed by atoms with Gasteiger partial charge >= 0.3 is 0 Å². The molecule has 0 spiro atoms. The Morgan fingerprint density at radius 1 is 1.10 bits per heavy atom. The summed E-state index contributed by atoms with van der Waals surface area (Å²) in [4.78, 5) is 14.9. The predicted molar refractivity (Wildman–Crippen MR) is 116 cm³/mol. The third-order valence-electron chi connectivity index (χ3n) is 5.53. The van der Waals surface area contributed by atoms with Gasteiger partial charge in [-0.25, -0.2) is 4.39 Å². The summed E-state index contributed by atoms with van der Waals surface area (Å²) in [5, 5.41) is 10.5. The topological polar surface area (TPSA) is 79.5 Å². The second-order valence-corrected chi connectivity index (χ2v) is 7.45. The Morgan fingerprint density at radius 3 is 2.52 bits per heavy atom. The van der Waals surface area contributed by atoms with Gasteiger partial charge in [-0.2, -0.15) is 5.10 Å². The number of nitrogens with zero attached hydrogens (tertiary/aromatic N) is 2. The lowest BCUT2D eigenvalue weighted by Gasteiger charge is -2.32. The molecule has 4 rings (SSSR count). The smallest absolute Gasteiger partial charge is 0.255 e. The van der Waals surface area contributed by atoms with Crippen LogP contribution in [0.1, 0.15) is 23.2 Å². The van der Waals surface area contributed by atoms with Gasteiger partial charge < -0.3 is 19.7 Å². The molecular weight excluding hydrogens is 399 g/mol. The minimum absolute atomic E-state index is 0.0751. The number of hydrogen-bond donors (Lipinski definition) is 2. The highest BCUT2D eigenvalue weighted by molar-refractivity contribution is 5.97. The molecule has 8 heteroatoms. The fourth-order valence-corrected chi connectivity index (χ4v) is 3.75. The van der Waals surface area contributed by atoms with Gasteiger partial charge in [0.25, 0.3) is 5.91 Å². The minimum Gasteiger partial charge on any atom is -0.497 e. The van der Waals surface area contributed by atoms with Crippen molar-refractivity contribution in [3.8, 4) is 22.8 Å². The molecule has 162 valence electrons. The molecule has 0 saturated carbocycles. The van der Waals surface area contributed by atoms with E-state index in [1.165, 1.54) is 19.2 Å². The van der Waals surface area contributed by atoms with Crippen LogP contribution in [-0.4, -0.2) is 49.5 Å². The van der Waals surface area contributed by atoms with E-state index in [4.69, 9.17) is 9.47 Å². The van der Waals surface area contributed by atoms with Gasteiger partial charge in [0.1, 0.15) is 17.3 Å². The van der Waals surface area contributed by atoms with Crippen LogP contribution in [-0.2, 0) is 0 Å². The highest BCUT2D eigenvalue weighted by atomic mass is 19.1. The number of anilines is 1. The standard InChI is InChI=1S/C23H25FN4O3/c1-30-18-7-8-19(21(13-18)31-2)23(29)25-17-9-11-28(12-10-17)22-14-20(26-27-22)15-3-5-16(24)6-4-15/h3-8,13-14,17H,9-12H2,1-2H3,(H,25,29)(H,26,27). The lowest BCUT2D eigenvalue weighted by Crippen LogP contribution is -2.44. The maximum absolute atomic E-state index is 13.1. The summed E-state index contributed by atoms with van der Waals surface area (Å²) in [5.74, 6) is 1.55. The number of methoxy groups -OCH3 is 2. The molecule has 1 saturated heterocycles. The Bertz CT molecular complexity index is 1040. The number of carbonyl (C=O) groups excluding carboxylic acids is 1. The fourth-order valence-electron chi connectivity index (χ4n) is 3.75. The van der Waals surface area contributed by atoms with Crippen LogP contribution < -0.4 is 19.7 Å². The first kappa shape index (κ1) is 20.7. The van der Waals surface area contributed by atoms with Crippen molar-refractivity contribution in [1.82, 2.24) is 15.5 Å². The van der Waals surface area contributed by atoms with E-state index < -0.39 is 0 Å². The molecule has 2 N–H and O–H groups in total. The van der Waals surface area contributed by atoms with Crippen LogP contribution in [0.25, 0.3) is 11.3 Å². The molecule has 0 radical (unpaired) electrons. The summed E-state index contributed by atoms with van der Waals surface area (Å²) in [6, 6.07) is 13.5. The van der Waals surface area contributed by atoms with Crippen molar-refractivity contribution in [2.24, 2.45) is 0 Å². The molecule has 2 heterocycles. The summed E-state index contributed by atoms with van der Waals surface area (Å²) in [7, 11) is 3.11. The minimum atomic E-state index is -0.264. The fraction of sp³-hybridized carbons (Fsp3) is 0.304. The first-order chi connectivity index (χ1) is 15.1. The first-order valence-corrected chi connectivity index (χ1v) is 10.2. The first-order valence-electron chi connectivity index (χ1n) is 10.2. The number of H-pyrrole nitrogens is 1. The molecule has 1 fully saturated rings. The maximum atomic E-state index is 13.1. The van der Waals surface area contributed by atoms with Gasteiger partial charge in [-0.3, -0.25) is 9.89 Å². The van der Waals surface area contributed by atoms with E-state index in [1.54, 1.807) is 37.4 Å². The number of ether oxygens (including phenoxy) is 2. The van der Waals surface area contributed by atoms with E-state index in [9.17, 15) is 9.18 Å². The van der Waals surface area contributed by atoms with Crippen molar-refractivity contribution in [3.05, 3.63) is 59.9 Å². The molecule has 0 bridgehead atoms. The van der Waals surface area contributed by atoms with Gasteiger partial charge in [0.2, 0.25) is 0 Å². The number of carbonyl (C=O) groups is 1. The zero-order valence-corrected chi connectivity index (χ0v) is 17.5. The molecule has 1 aliphatic rings. The average Bonchev–Trinajstić information content (AvgIpc) is 3.29. The number of hydrogen-bond acceptors (Lipinski definition) is 5. The molecule has 31 heavy (non-hydrogen) atoms. The number of rotatable bonds is 6. The van der Waals surface area contributed by atoms with Gasteiger partial charge in [-0.1, -0.05) is 0 Å².